The predicted octanol–water partition coefficient (Wildman–Crippen LogP) is 2.21. The van der Waals surface area contributed by atoms with Crippen molar-refractivity contribution in [1.82, 2.24) is 15.0 Å². The minimum Gasteiger partial charge on any atom is -0.396 e. The van der Waals surface area contributed by atoms with Crippen molar-refractivity contribution >= 4 is 27.8 Å². The van der Waals surface area contributed by atoms with Crippen LogP contribution >= 0.6 is 0 Å². The average molecular weight is 256 g/mol. The van der Waals surface area contributed by atoms with Crippen molar-refractivity contribution in [3.8, 4) is 0 Å². The standard InChI is InChI=1S/C14H16N4O/c1-9-3-4-11-10(7-9)12-13(18-11)14(17-8-16-12)15-5-2-6-19/h3-4,7-8,18-19H,2,5-6H2,1H3,(H,15,16,17). The van der Waals surface area contributed by atoms with Gasteiger partial charge in [-0.2, -0.15) is 0 Å². The molecule has 0 radical (unpaired) electrons. The summed E-state index contributed by atoms with van der Waals surface area (Å²) in [5.74, 6) is 0.785. The predicted molar refractivity (Wildman–Crippen MR) is 76.3 cm³/mol. The van der Waals surface area contributed by atoms with Gasteiger partial charge in [0.25, 0.3) is 0 Å². The number of aliphatic hydroxyl groups is 1. The van der Waals surface area contributed by atoms with Gasteiger partial charge in [-0.3, -0.25) is 0 Å². The molecule has 3 rings (SSSR count). The van der Waals surface area contributed by atoms with Crippen LogP contribution in [0.1, 0.15) is 12.0 Å². The molecule has 0 aliphatic carbocycles. The molecule has 0 spiro atoms. The molecular weight excluding hydrogens is 240 g/mol. The molecule has 0 bridgehead atoms. The number of benzene rings is 1. The highest BCUT2D eigenvalue weighted by atomic mass is 16.3. The third kappa shape index (κ3) is 2.13. The molecule has 0 aliphatic rings. The fourth-order valence-corrected chi connectivity index (χ4v) is 2.23. The molecule has 0 atom stereocenters. The molecule has 0 fully saturated rings. The van der Waals surface area contributed by atoms with Gasteiger partial charge in [0.2, 0.25) is 0 Å². The van der Waals surface area contributed by atoms with Crippen molar-refractivity contribution < 1.29 is 5.11 Å². The van der Waals surface area contributed by atoms with E-state index in [1.54, 1.807) is 6.33 Å². The van der Waals surface area contributed by atoms with Crippen molar-refractivity contribution in [2.45, 2.75) is 13.3 Å². The Balaban J connectivity index is 2.12. The van der Waals surface area contributed by atoms with Gasteiger partial charge in [0.1, 0.15) is 17.4 Å². The molecule has 5 nitrogen and oxygen atoms in total. The number of aliphatic hydroxyl groups excluding tert-OH is 1. The zero-order valence-electron chi connectivity index (χ0n) is 10.8. The molecule has 0 saturated heterocycles. The van der Waals surface area contributed by atoms with Gasteiger partial charge in [-0.15, -0.1) is 0 Å². The Morgan fingerprint density at radius 2 is 2.21 bits per heavy atom. The summed E-state index contributed by atoms with van der Waals surface area (Å²) in [5.41, 5.74) is 4.12. The molecule has 0 unspecified atom stereocenters. The summed E-state index contributed by atoms with van der Waals surface area (Å²) in [6.07, 6.45) is 2.27. The lowest BCUT2D eigenvalue weighted by molar-refractivity contribution is 0.292. The lowest BCUT2D eigenvalue weighted by Gasteiger charge is -2.04. The Kier molecular flexibility index (Phi) is 3.05. The number of nitrogens with zero attached hydrogens (tertiary/aromatic N) is 2. The van der Waals surface area contributed by atoms with Crippen molar-refractivity contribution in [2.75, 3.05) is 18.5 Å². The molecule has 0 saturated carbocycles. The molecule has 3 N–H and O–H groups in total. The van der Waals surface area contributed by atoms with Crippen molar-refractivity contribution in [3.05, 3.63) is 30.1 Å². The Labute approximate surface area is 110 Å². The average Bonchev–Trinajstić information content (AvgIpc) is 2.78. The Bertz CT molecular complexity index is 720. The topological polar surface area (TPSA) is 73.8 Å². The highest BCUT2D eigenvalue weighted by molar-refractivity contribution is 6.08. The summed E-state index contributed by atoms with van der Waals surface area (Å²) in [5, 5.41) is 13.2. The minimum absolute atomic E-state index is 0.174. The smallest absolute Gasteiger partial charge is 0.153 e. The molecule has 5 heteroatoms. The van der Waals surface area contributed by atoms with E-state index in [9.17, 15) is 0 Å². The van der Waals surface area contributed by atoms with E-state index < -0.39 is 0 Å². The minimum atomic E-state index is 0.174. The molecular formula is C14H16N4O. The molecule has 0 aliphatic heterocycles. The van der Waals surface area contributed by atoms with E-state index in [4.69, 9.17) is 5.11 Å². The zero-order chi connectivity index (χ0) is 13.2. The fourth-order valence-electron chi connectivity index (χ4n) is 2.23. The number of nitrogens with one attached hydrogen (secondary N) is 2. The second kappa shape index (κ2) is 4.85. The molecule has 19 heavy (non-hydrogen) atoms. The van der Waals surface area contributed by atoms with Crippen LogP contribution in [0, 0.1) is 6.92 Å². The molecule has 1 aromatic carbocycles. The van der Waals surface area contributed by atoms with Crippen LogP contribution in [0.4, 0.5) is 5.82 Å². The highest BCUT2D eigenvalue weighted by Gasteiger charge is 2.10. The Morgan fingerprint density at radius 3 is 3.05 bits per heavy atom. The van der Waals surface area contributed by atoms with Gasteiger partial charge < -0.3 is 15.4 Å². The summed E-state index contributed by atoms with van der Waals surface area (Å²) < 4.78 is 0. The van der Waals surface area contributed by atoms with Gasteiger partial charge in [-0.25, -0.2) is 9.97 Å². The first-order valence-corrected chi connectivity index (χ1v) is 6.37. The van der Waals surface area contributed by atoms with Crippen LogP contribution in [0.15, 0.2) is 24.5 Å². The number of hydrogen-bond acceptors (Lipinski definition) is 4. The number of aromatic amines is 1. The monoisotopic (exact) mass is 256 g/mol. The fraction of sp³-hybridized carbons (Fsp3) is 0.286. The largest absolute Gasteiger partial charge is 0.396 e. The Hall–Kier alpha value is -2.14. The van der Waals surface area contributed by atoms with Crippen LogP contribution in [0.5, 0.6) is 0 Å². The first-order valence-electron chi connectivity index (χ1n) is 6.37. The molecule has 2 aromatic heterocycles. The second-order valence-electron chi connectivity index (χ2n) is 4.62. The first kappa shape index (κ1) is 11.9. The van der Waals surface area contributed by atoms with E-state index in [0.717, 1.165) is 27.8 Å². The van der Waals surface area contributed by atoms with Crippen LogP contribution in [0.25, 0.3) is 21.9 Å². The maximum atomic E-state index is 8.82. The maximum absolute atomic E-state index is 8.82. The SMILES string of the molecule is Cc1ccc2[nH]c3c(NCCCO)ncnc3c2c1. The maximum Gasteiger partial charge on any atom is 0.153 e. The highest BCUT2D eigenvalue weighted by Crippen LogP contribution is 2.27. The lowest BCUT2D eigenvalue weighted by Crippen LogP contribution is -2.05. The summed E-state index contributed by atoms with van der Waals surface area (Å²) in [6, 6.07) is 6.26. The van der Waals surface area contributed by atoms with Gasteiger partial charge in [0.15, 0.2) is 5.82 Å². The van der Waals surface area contributed by atoms with E-state index in [2.05, 4.69) is 45.4 Å². The number of hydrogen-bond donors (Lipinski definition) is 3. The number of anilines is 1. The van der Waals surface area contributed by atoms with Crippen LogP contribution in [-0.4, -0.2) is 33.2 Å². The van der Waals surface area contributed by atoms with Gasteiger partial charge in [-0.1, -0.05) is 11.6 Å². The third-order valence-corrected chi connectivity index (χ3v) is 3.16. The number of rotatable bonds is 4. The van der Waals surface area contributed by atoms with E-state index in [1.807, 2.05) is 0 Å². The van der Waals surface area contributed by atoms with Gasteiger partial charge >= 0.3 is 0 Å². The normalized spacial score (nSPS) is 11.3. The summed E-state index contributed by atoms with van der Waals surface area (Å²) in [6.45, 7) is 2.93. The summed E-state index contributed by atoms with van der Waals surface area (Å²) >= 11 is 0. The molecule has 98 valence electrons. The molecule has 3 aromatic rings. The van der Waals surface area contributed by atoms with Crippen molar-refractivity contribution in [1.29, 1.82) is 0 Å². The Morgan fingerprint density at radius 1 is 1.32 bits per heavy atom. The summed E-state index contributed by atoms with van der Waals surface area (Å²) in [7, 11) is 0. The van der Waals surface area contributed by atoms with E-state index in [1.165, 1.54) is 5.56 Å². The van der Waals surface area contributed by atoms with E-state index in [0.29, 0.717) is 13.0 Å². The van der Waals surface area contributed by atoms with Gasteiger partial charge in [0.05, 0.1) is 0 Å². The quantitative estimate of drug-likeness (QED) is 0.626. The number of aryl methyl sites for hydroxylation is 1. The van der Waals surface area contributed by atoms with Crippen LogP contribution < -0.4 is 5.32 Å². The van der Waals surface area contributed by atoms with Gasteiger partial charge in [0, 0.05) is 24.1 Å². The van der Waals surface area contributed by atoms with Crippen molar-refractivity contribution in [2.24, 2.45) is 0 Å². The van der Waals surface area contributed by atoms with Crippen LogP contribution in [-0.2, 0) is 0 Å². The van der Waals surface area contributed by atoms with Crippen LogP contribution in [0.2, 0.25) is 0 Å². The van der Waals surface area contributed by atoms with E-state index in [-0.39, 0.29) is 6.61 Å². The lowest BCUT2D eigenvalue weighted by atomic mass is 10.1. The third-order valence-electron chi connectivity index (χ3n) is 3.16. The zero-order valence-corrected chi connectivity index (χ0v) is 10.8. The number of fused-ring (bicyclic) bond motifs is 3. The molecule has 2 heterocycles. The second-order valence-corrected chi connectivity index (χ2v) is 4.62. The molecule has 0 amide bonds. The summed E-state index contributed by atoms with van der Waals surface area (Å²) in [4.78, 5) is 12.0. The van der Waals surface area contributed by atoms with Crippen LogP contribution in [0.3, 0.4) is 0 Å². The first-order chi connectivity index (χ1) is 9.29. The van der Waals surface area contributed by atoms with Gasteiger partial charge in [-0.05, 0) is 25.5 Å². The van der Waals surface area contributed by atoms with E-state index >= 15 is 0 Å². The number of aromatic nitrogens is 3. The van der Waals surface area contributed by atoms with Crippen molar-refractivity contribution in [3.63, 3.8) is 0 Å². The number of H-pyrrole nitrogens is 1.